The average Bonchev–Trinajstić information content (AvgIpc) is 3.48. The summed E-state index contributed by atoms with van der Waals surface area (Å²) in [5.74, 6) is -4.59. The summed E-state index contributed by atoms with van der Waals surface area (Å²) < 4.78 is 43.0. The van der Waals surface area contributed by atoms with Gasteiger partial charge < -0.3 is 48.5 Å². The summed E-state index contributed by atoms with van der Waals surface area (Å²) in [5, 5.41) is 6.09. The Morgan fingerprint density at radius 1 is 0.500 bits per heavy atom. The predicted octanol–water partition coefficient (Wildman–Crippen LogP) is 4.29. The molecule has 18 heteroatoms. The van der Waals surface area contributed by atoms with E-state index >= 15 is 0 Å². The maximum absolute atomic E-state index is 14.1. The summed E-state index contributed by atoms with van der Waals surface area (Å²) in [5.41, 5.74) is -5.26. The van der Waals surface area contributed by atoms with Crippen molar-refractivity contribution in [1.29, 1.82) is 0 Å². The molecule has 340 valence electrons. The molecule has 2 amide bonds. The lowest BCUT2D eigenvalue weighted by atomic mass is 9.56. The average molecular weight is 871 g/mol. The highest BCUT2D eigenvalue weighted by molar-refractivity contribution is 5.83. The Kier molecular flexibility index (Phi) is 18.7. The van der Waals surface area contributed by atoms with Crippen molar-refractivity contribution in [3.05, 3.63) is 75.9 Å². The zero-order valence-electron chi connectivity index (χ0n) is 35.3. The Morgan fingerprint density at radius 2 is 0.855 bits per heavy atom. The highest BCUT2D eigenvalue weighted by atomic mass is 16.6. The molecule has 3 saturated carbocycles. The van der Waals surface area contributed by atoms with Gasteiger partial charge in [-0.1, -0.05) is 65.7 Å². The Morgan fingerprint density at radius 3 is 1.18 bits per heavy atom. The molecule has 0 heterocycles. The molecule has 3 rings (SSSR count). The smallest absolute Gasteiger partial charge is 0.407 e. The Balaban J connectivity index is 1.94. The van der Waals surface area contributed by atoms with Crippen molar-refractivity contribution in [2.45, 2.75) is 69.4 Å². The zero-order chi connectivity index (χ0) is 46.0. The minimum atomic E-state index is -1.59. The van der Waals surface area contributed by atoms with E-state index in [1.54, 1.807) is 0 Å². The van der Waals surface area contributed by atoms with Crippen LogP contribution in [0.3, 0.4) is 0 Å². The third-order valence-corrected chi connectivity index (χ3v) is 11.7. The molecule has 0 bridgehead atoms. The van der Waals surface area contributed by atoms with Crippen LogP contribution in [0.15, 0.2) is 75.9 Å². The maximum Gasteiger partial charge on any atom is 0.407 e. The second-order valence-corrected chi connectivity index (χ2v) is 16.0. The van der Waals surface area contributed by atoms with Crippen molar-refractivity contribution in [3.8, 4) is 0 Å². The van der Waals surface area contributed by atoms with Crippen LogP contribution in [0.5, 0.6) is 0 Å². The molecule has 62 heavy (non-hydrogen) atoms. The van der Waals surface area contributed by atoms with Crippen molar-refractivity contribution < 1.29 is 76.3 Å². The Labute approximate surface area is 361 Å². The van der Waals surface area contributed by atoms with E-state index in [1.807, 2.05) is 0 Å². The van der Waals surface area contributed by atoms with Crippen molar-refractivity contribution in [2.75, 3.05) is 52.9 Å². The predicted molar refractivity (Wildman–Crippen MR) is 219 cm³/mol. The second kappa shape index (κ2) is 23.1. The first-order valence-electron chi connectivity index (χ1n) is 20.1. The number of carbonyl (C=O) groups excluding carboxylic acids is 8. The third kappa shape index (κ3) is 13.4. The largest absolute Gasteiger partial charge is 0.462 e. The fourth-order valence-electron chi connectivity index (χ4n) is 8.31. The minimum Gasteiger partial charge on any atom is -0.462 e. The number of esters is 6. The van der Waals surface area contributed by atoms with Crippen molar-refractivity contribution in [1.82, 2.24) is 10.6 Å². The van der Waals surface area contributed by atoms with Crippen LogP contribution in [0.1, 0.15) is 58.3 Å². The monoisotopic (exact) mass is 870 g/mol. The molecule has 2 N–H and O–H groups in total. The van der Waals surface area contributed by atoms with Crippen LogP contribution in [0.25, 0.3) is 0 Å². The van der Waals surface area contributed by atoms with Gasteiger partial charge in [-0.25, -0.2) is 38.4 Å². The first-order chi connectivity index (χ1) is 29.5. The lowest BCUT2D eigenvalue weighted by Crippen LogP contribution is -2.77. The topological polar surface area (TPSA) is 234 Å². The van der Waals surface area contributed by atoms with E-state index in [9.17, 15) is 38.4 Å². The first kappa shape index (κ1) is 50.2. The van der Waals surface area contributed by atoms with E-state index < -0.39 is 123 Å². The SMILES string of the molecule is C=CC(=O)OCC(COC(=O)C=C)(COC(=O)C=C)COC(=O)NC12CCC(C3CCCC(C)C3)C1(NC(=O)OCC(COC(=O)C=C)(COC(=O)C=C)COC(=O)C=C)CC2. The molecule has 0 aromatic carbocycles. The molecule has 5 atom stereocenters. The van der Waals surface area contributed by atoms with Crippen molar-refractivity contribution in [2.24, 2.45) is 28.6 Å². The van der Waals surface area contributed by atoms with E-state index in [4.69, 9.17) is 37.9 Å². The van der Waals surface area contributed by atoms with Crippen LogP contribution in [-0.4, -0.2) is 112 Å². The molecule has 18 nitrogen and oxygen atoms in total. The van der Waals surface area contributed by atoms with E-state index in [1.165, 1.54) is 0 Å². The zero-order valence-corrected chi connectivity index (χ0v) is 35.3. The molecule has 3 aliphatic rings. The number of hydrogen-bond acceptors (Lipinski definition) is 16. The summed E-state index contributed by atoms with van der Waals surface area (Å²) in [7, 11) is 0. The van der Waals surface area contributed by atoms with Gasteiger partial charge in [-0.15, -0.1) is 0 Å². The number of fused-ring (bicyclic) bond motifs is 1. The molecule has 0 spiro atoms. The first-order valence-corrected chi connectivity index (χ1v) is 20.1. The number of nitrogens with one attached hydrogen (secondary N) is 2. The number of alkyl carbamates (subject to hydrolysis) is 2. The molecule has 5 unspecified atom stereocenters. The summed E-state index contributed by atoms with van der Waals surface area (Å²) >= 11 is 0. The van der Waals surface area contributed by atoms with E-state index in [-0.39, 0.29) is 11.8 Å². The third-order valence-electron chi connectivity index (χ3n) is 11.7. The number of rotatable bonds is 25. The van der Waals surface area contributed by atoms with Crippen LogP contribution in [-0.2, 0) is 66.7 Å². The van der Waals surface area contributed by atoms with Crippen LogP contribution < -0.4 is 10.6 Å². The molecule has 0 radical (unpaired) electrons. The van der Waals surface area contributed by atoms with Gasteiger partial charge in [0.2, 0.25) is 0 Å². The summed E-state index contributed by atoms with van der Waals surface area (Å²) in [6.45, 7) is 18.1. The quantitative estimate of drug-likeness (QED) is 0.0740. The summed E-state index contributed by atoms with van der Waals surface area (Å²) in [4.78, 5) is 101. The van der Waals surface area contributed by atoms with Gasteiger partial charge in [0.15, 0.2) is 0 Å². The van der Waals surface area contributed by atoms with E-state index in [0.717, 1.165) is 62.1 Å². The van der Waals surface area contributed by atoms with Crippen LogP contribution >= 0.6 is 0 Å². The molecule has 0 aromatic rings. The molecule has 3 aliphatic carbocycles. The standard InChI is InChI=1S/C44H58N2O16/c1-8-33(47)55-22-41(23-56-34(48)9-2,24-57-35(49)10-3)28-61-39(53)45-43-18-17-32(31-16-14-15-30(7)21-31)44(43,20-19-43)46-40(54)62-29-42(25-58-36(50)11-4,26-59-37(51)12-5)27-60-38(52)13-6/h8-13,30-32H,1-6,14-29H2,7H3,(H,45,53)(H,46,54). The molecule has 0 aliphatic heterocycles. The van der Waals surface area contributed by atoms with Gasteiger partial charge in [0.1, 0.15) is 63.7 Å². The van der Waals surface area contributed by atoms with Crippen molar-refractivity contribution >= 4 is 48.0 Å². The van der Waals surface area contributed by atoms with Crippen LogP contribution in [0.2, 0.25) is 0 Å². The highest BCUT2D eigenvalue weighted by Crippen LogP contribution is 2.60. The summed E-state index contributed by atoms with van der Waals surface area (Å²) in [6, 6.07) is 0. The number of amides is 2. The molecule has 3 fully saturated rings. The van der Waals surface area contributed by atoms with Gasteiger partial charge in [0.05, 0.1) is 11.1 Å². The number of ether oxygens (including phenoxy) is 8. The summed E-state index contributed by atoms with van der Waals surface area (Å²) in [6.07, 6.45) is 9.34. The second-order valence-electron chi connectivity index (χ2n) is 16.0. The Bertz CT molecular complexity index is 1640. The normalized spacial score (nSPS) is 22.5. The lowest BCUT2D eigenvalue weighted by molar-refractivity contribution is -0.161. The lowest BCUT2D eigenvalue weighted by Gasteiger charge is -2.59. The molecular weight excluding hydrogens is 812 g/mol. The highest BCUT2D eigenvalue weighted by Gasteiger charge is 2.69. The number of hydrogen-bond donors (Lipinski definition) is 2. The van der Waals surface area contributed by atoms with Crippen molar-refractivity contribution in [3.63, 3.8) is 0 Å². The van der Waals surface area contributed by atoms with Gasteiger partial charge in [0, 0.05) is 36.5 Å². The van der Waals surface area contributed by atoms with Crippen LogP contribution in [0, 0.1) is 28.6 Å². The number of carbonyl (C=O) groups is 8. The molecule has 0 aromatic heterocycles. The maximum atomic E-state index is 14.1. The van der Waals surface area contributed by atoms with E-state index in [2.05, 4.69) is 57.0 Å². The van der Waals surface area contributed by atoms with E-state index in [0.29, 0.717) is 31.6 Å². The fraction of sp³-hybridized carbons (Fsp3) is 0.545. The minimum absolute atomic E-state index is 0.110. The van der Waals surface area contributed by atoms with Gasteiger partial charge >= 0.3 is 48.0 Å². The van der Waals surface area contributed by atoms with Gasteiger partial charge in [-0.3, -0.25) is 0 Å². The van der Waals surface area contributed by atoms with Gasteiger partial charge in [0.25, 0.3) is 0 Å². The molecule has 0 saturated heterocycles. The van der Waals surface area contributed by atoms with Gasteiger partial charge in [-0.2, -0.15) is 0 Å². The molecular formula is C44H58N2O16. The van der Waals surface area contributed by atoms with Gasteiger partial charge in [-0.05, 0) is 49.9 Å². The Hall–Kier alpha value is -6.20. The fourth-order valence-corrected chi connectivity index (χ4v) is 8.31. The van der Waals surface area contributed by atoms with Crippen LogP contribution in [0.4, 0.5) is 9.59 Å².